The van der Waals surface area contributed by atoms with Gasteiger partial charge < -0.3 is 5.32 Å². The van der Waals surface area contributed by atoms with Crippen molar-refractivity contribution >= 4 is 27.7 Å². The highest BCUT2D eigenvalue weighted by Crippen LogP contribution is 2.26. The monoisotopic (exact) mass is 322 g/mol. The number of thioether (sulfide) groups is 1. The highest BCUT2D eigenvalue weighted by Gasteiger charge is 2.09. The summed E-state index contributed by atoms with van der Waals surface area (Å²) in [4.78, 5) is 5.44. The molecule has 0 saturated heterocycles. The Labute approximate surface area is 120 Å². The lowest BCUT2D eigenvalue weighted by Crippen LogP contribution is -2.18. The molecule has 0 fully saturated rings. The van der Waals surface area contributed by atoms with Crippen LogP contribution in [0.1, 0.15) is 11.6 Å². The summed E-state index contributed by atoms with van der Waals surface area (Å²) in [5.41, 5.74) is 1.22. The maximum Gasteiger partial charge on any atom is 0.0428 e. The van der Waals surface area contributed by atoms with E-state index < -0.39 is 0 Å². The van der Waals surface area contributed by atoms with Gasteiger partial charge in [0.1, 0.15) is 0 Å². The molecular formula is C14H15BrN2S. The Bertz CT molecular complexity index is 490. The smallest absolute Gasteiger partial charge is 0.0428 e. The zero-order valence-electron chi connectivity index (χ0n) is 10.1. The lowest BCUT2D eigenvalue weighted by Gasteiger charge is -2.15. The van der Waals surface area contributed by atoms with Crippen LogP contribution in [0.4, 0.5) is 0 Å². The molecular weight excluding hydrogens is 308 g/mol. The summed E-state index contributed by atoms with van der Waals surface area (Å²) >= 11 is 5.33. The van der Waals surface area contributed by atoms with Crippen molar-refractivity contribution in [1.29, 1.82) is 0 Å². The Morgan fingerprint density at radius 1 is 1.33 bits per heavy atom. The summed E-state index contributed by atoms with van der Waals surface area (Å²) in [6.07, 6.45) is 3.72. The topological polar surface area (TPSA) is 24.9 Å². The summed E-state index contributed by atoms with van der Waals surface area (Å²) < 4.78 is 1.12. The fraction of sp³-hybridized carbons (Fsp3) is 0.214. The van der Waals surface area contributed by atoms with E-state index in [2.05, 4.69) is 50.5 Å². The molecule has 1 heterocycles. The third-order valence-corrected chi connectivity index (χ3v) is 4.23. The predicted octanol–water partition coefficient (Wildman–Crippen LogP) is 3.90. The second-order valence-electron chi connectivity index (χ2n) is 3.90. The van der Waals surface area contributed by atoms with Crippen molar-refractivity contribution in [3.63, 3.8) is 0 Å². The lowest BCUT2D eigenvalue weighted by atomic mass is 10.1. The van der Waals surface area contributed by atoms with Crippen LogP contribution in [0.15, 0.2) is 58.2 Å². The molecule has 1 atom stereocenters. The number of hydrogen-bond donors (Lipinski definition) is 1. The molecule has 2 rings (SSSR count). The van der Waals surface area contributed by atoms with Crippen LogP contribution in [0.5, 0.6) is 0 Å². The minimum Gasteiger partial charge on any atom is -0.312 e. The number of pyridine rings is 1. The molecule has 2 nitrogen and oxygen atoms in total. The zero-order chi connectivity index (χ0) is 12.8. The average Bonchev–Trinajstić information content (AvgIpc) is 2.41. The highest BCUT2D eigenvalue weighted by atomic mass is 79.9. The molecule has 2 aromatic rings. The van der Waals surface area contributed by atoms with E-state index in [-0.39, 0.29) is 0 Å². The van der Waals surface area contributed by atoms with E-state index in [0.29, 0.717) is 6.04 Å². The Balaban J connectivity index is 2.00. The van der Waals surface area contributed by atoms with Gasteiger partial charge in [0.25, 0.3) is 0 Å². The van der Waals surface area contributed by atoms with Crippen LogP contribution in [0.25, 0.3) is 0 Å². The number of nitrogens with one attached hydrogen (secondary N) is 1. The largest absolute Gasteiger partial charge is 0.312 e. The van der Waals surface area contributed by atoms with Crippen molar-refractivity contribution in [2.75, 3.05) is 12.8 Å². The molecule has 1 aromatic heterocycles. The summed E-state index contributed by atoms with van der Waals surface area (Å²) in [5.74, 6) is 0.985. The quantitative estimate of drug-likeness (QED) is 0.845. The molecule has 1 aromatic carbocycles. The average molecular weight is 323 g/mol. The van der Waals surface area contributed by atoms with Crippen LogP contribution in [-0.2, 0) is 0 Å². The first-order valence-corrected chi connectivity index (χ1v) is 7.53. The number of aromatic nitrogens is 1. The van der Waals surface area contributed by atoms with E-state index in [1.54, 1.807) is 6.20 Å². The third kappa shape index (κ3) is 3.83. The van der Waals surface area contributed by atoms with E-state index in [1.807, 2.05) is 37.1 Å². The van der Waals surface area contributed by atoms with Crippen molar-refractivity contribution in [2.45, 2.75) is 10.9 Å². The van der Waals surface area contributed by atoms with Gasteiger partial charge in [-0.1, -0.05) is 28.1 Å². The number of benzene rings is 1. The SMILES string of the molecule is CNC(CSc1cccc(Br)c1)c1cccnc1. The van der Waals surface area contributed by atoms with Gasteiger partial charge in [0.05, 0.1) is 0 Å². The van der Waals surface area contributed by atoms with Crippen LogP contribution in [-0.4, -0.2) is 17.8 Å². The van der Waals surface area contributed by atoms with E-state index >= 15 is 0 Å². The number of nitrogens with zero attached hydrogens (tertiary/aromatic N) is 1. The summed E-state index contributed by atoms with van der Waals surface area (Å²) in [6.45, 7) is 0. The predicted molar refractivity (Wildman–Crippen MR) is 80.9 cm³/mol. The van der Waals surface area contributed by atoms with Gasteiger partial charge in [0.2, 0.25) is 0 Å². The van der Waals surface area contributed by atoms with Gasteiger partial charge in [-0.3, -0.25) is 4.98 Å². The molecule has 0 saturated carbocycles. The minimum absolute atomic E-state index is 0.322. The Morgan fingerprint density at radius 2 is 2.22 bits per heavy atom. The van der Waals surface area contributed by atoms with E-state index in [0.717, 1.165) is 10.2 Å². The molecule has 1 N–H and O–H groups in total. The molecule has 0 aliphatic heterocycles. The first kappa shape index (κ1) is 13.6. The number of hydrogen-bond acceptors (Lipinski definition) is 3. The van der Waals surface area contributed by atoms with Gasteiger partial charge in [-0.25, -0.2) is 0 Å². The van der Waals surface area contributed by atoms with Crippen molar-refractivity contribution < 1.29 is 0 Å². The molecule has 0 aliphatic carbocycles. The molecule has 0 amide bonds. The second kappa shape index (κ2) is 6.92. The zero-order valence-corrected chi connectivity index (χ0v) is 12.5. The van der Waals surface area contributed by atoms with Crippen molar-refractivity contribution in [1.82, 2.24) is 10.3 Å². The molecule has 94 valence electrons. The van der Waals surface area contributed by atoms with Gasteiger partial charge >= 0.3 is 0 Å². The van der Waals surface area contributed by atoms with Crippen molar-refractivity contribution in [2.24, 2.45) is 0 Å². The van der Waals surface area contributed by atoms with Gasteiger partial charge in [0, 0.05) is 33.6 Å². The van der Waals surface area contributed by atoms with Crippen molar-refractivity contribution in [3.8, 4) is 0 Å². The van der Waals surface area contributed by atoms with Crippen LogP contribution in [0, 0.1) is 0 Å². The van der Waals surface area contributed by atoms with Crippen LogP contribution >= 0.6 is 27.7 Å². The molecule has 0 spiro atoms. The molecule has 18 heavy (non-hydrogen) atoms. The molecule has 0 aliphatic rings. The molecule has 0 radical (unpaired) electrons. The molecule has 0 bridgehead atoms. The second-order valence-corrected chi connectivity index (χ2v) is 5.91. The summed E-state index contributed by atoms with van der Waals surface area (Å²) in [6, 6.07) is 12.8. The lowest BCUT2D eigenvalue weighted by molar-refractivity contribution is 0.659. The van der Waals surface area contributed by atoms with Gasteiger partial charge in [-0.05, 0) is 36.9 Å². The van der Waals surface area contributed by atoms with Gasteiger partial charge in [-0.2, -0.15) is 0 Å². The Hall–Kier alpha value is -0.840. The maximum absolute atomic E-state index is 4.17. The highest BCUT2D eigenvalue weighted by molar-refractivity contribution is 9.10. The Morgan fingerprint density at radius 3 is 2.89 bits per heavy atom. The fourth-order valence-corrected chi connectivity index (χ4v) is 3.32. The molecule has 4 heteroatoms. The standard InChI is InChI=1S/C14H15BrN2S/c1-16-14(11-4-3-7-17-9-11)10-18-13-6-2-5-12(15)8-13/h2-9,14,16H,10H2,1H3. The first-order valence-electron chi connectivity index (χ1n) is 5.75. The van der Waals surface area contributed by atoms with E-state index in [9.17, 15) is 0 Å². The molecule has 1 unspecified atom stereocenters. The van der Waals surface area contributed by atoms with Crippen LogP contribution in [0.2, 0.25) is 0 Å². The summed E-state index contributed by atoms with van der Waals surface area (Å²) in [7, 11) is 1.99. The first-order chi connectivity index (χ1) is 8.79. The van der Waals surface area contributed by atoms with Crippen LogP contribution in [0.3, 0.4) is 0 Å². The minimum atomic E-state index is 0.322. The van der Waals surface area contributed by atoms with Crippen molar-refractivity contribution in [3.05, 3.63) is 58.8 Å². The van der Waals surface area contributed by atoms with Gasteiger partial charge in [0.15, 0.2) is 0 Å². The van der Waals surface area contributed by atoms with E-state index in [1.165, 1.54) is 10.5 Å². The van der Waals surface area contributed by atoms with Crippen LogP contribution < -0.4 is 5.32 Å². The third-order valence-electron chi connectivity index (χ3n) is 2.65. The fourth-order valence-electron chi connectivity index (χ4n) is 1.66. The normalized spacial score (nSPS) is 12.3. The Kier molecular flexibility index (Phi) is 5.23. The summed E-state index contributed by atoms with van der Waals surface area (Å²) in [5, 5.41) is 3.33. The van der Waals surface area contributed by atoms with E-state index in [4.69, 9.17) is 0 Å². The number of halogens is 1. The van der Waals surface area contributed by atoms with Gasteiger partial charge in [-0.15, -0.1) is 11.8 Å². The number of rotatable bonds is 5. The maximum atomic E-state index is 4.17.